The number of benzene rings is 1. The summed E-state index contributed by atoms with van der Waals surface area (Å²) in [7, 11) is 0. The van der Waals surface area contributed by atoms with E-state index in [1.165, 1.54) is 5.56 Å². The van der Waals surface area contributed by atoms with E-state index in [-0.39, 0.29) is 6.10 Å². The van der Waals surface area contributed by atoms with Crippen LogP contribution in [0, 0.1) is 0 Å². The number of aryl methyl sites for hydroxylation is 1. The van der Waals surface area contributed by atoms with Crippen LogP contribution in [0.1, 0.15) is 32.2 Å². The first kappa shape index (κ1) is 13.9. The summed E-state index contributed by atoms with van der Waals surface area (Å²) < 4.78 is 5.61. The summed E-state index contributed by atoms with van der Waals surface area (Å²) in [5.41, 5.74) is 1.24. The van der Waals surface area contributed by atoms with Crippen LogP contribution >= 0.6 is 11.8 Å². The lowest BCUT2D eigenvalue weighted by molar-refractivity contribution is 0.242. The summed E-state index contributed by atoms with van der Waals surface area (Å²) in [4.78, 5) is 4.37. The predicted octanol–water partition coefficient (Wildman–Crippen LogP) is 3.45. The van der Waals surface area contributed by atoms with Crippen molar-refractivity contribution in [3.63, 3.8) is 0 Å². The van der Waals surface area contributed by atoms with E-state index in [1.807, 2.05) is 26.0 Å². The maximum Gasteiger partial charge on any atom is 0.208 e. The molecule has 2 rings (SSSR count). The largest absolute Gasteiger partial charge is 0.491 e. The highest BCUT2D eigenvalue weighted by atomic mass is 32.2. The van der Waals surface area contributed by atoms with Crippen LogP contribution in [0.25, 0.3) is 0 Å². The molecule has 0 aliphatic rings. The van der Waals surface area contributed by atoms with E-state index in [0.29, 0.717) is 0 Å². The molecule has 0 amide bonds. The highest BCUT2D eigenvalue weighted by Gasteiger charge is 2.03. The first-order chi connectivity index (χ1) is 9.17. The van der Waals surface area contributed by atoms with E-state index in [2.05, 4.69) is 34.2 Å². The lowest BCUT2D eigenvalue weighted by Crippen LogP contribution is -2.05. The second-order valence-corrected chi connectivity index (χ2v) is 5.46. The van der Waals surface area contributed by atoms with Crippen molar-refractivity contribution in [3.8, 4) is 5.75 Å². The Labute approximate surface area is 118 Å². The van der Waals surface area contributed by atoms with Crippen LogP contribution in [0.2, 0.25) is 0 Å². The molecule has 0 aliphatic carbocycles. The van der Waals surface area contributed by atoms with Crippen molar-refractivity contribution in [1.82, 2.24) is 15.2 Å². The van der Waals surface area contributed by atoms with Gasteiger partial charge in [-0.25, -0.2) is 4.98 Å². The third kappa shape index (κ3) is 4.28. The molecule has 102 valence electrons. The normalized spacial score (nSPS) is 10.9. The number of aromatic amines is 1. The van der Waals surface area contributed by atoms with Crippen LogP contribution < -0.4 is 4.74 Å². The van der Waals surface area contributed by atoms with Crippen molar-refractivity contribution in [3.05, 3.63) is 35.7 Å². The molecule has 1 aromatic heterocycles. The minimum Gasteiger partial charge on any atom is -0.491 e. The van der Waals surface area contributed by atoms with Crippen LogP contribution in [0.15, 0.2) is 29.4 Å². The van der Waals surface area contributed by atoms with Gasteiger partial charge < -0.3 is 4.74 Å². The molecule has 4 nitrogen and oxygen atoms in total. The summed E-state index contributed by atoms with van der Waals surface area (Å²) in [6, 6.07) is 8.17. The van der Waals surface area contributed by atoms with Gasteiger partial charge in [0.15, 0.2) is 0 Å². The Balaban J connectivity index is 1.89. The van der Waals surface area contributed by atoms with Crippen molar-refractivity contribution < 1.29 is 4.74 Å². The molecule has 0 unspecified atom stereocenters. The molecule has 0 fully saturated rings. The van der Waals surface area contributed by atoms with Crippen molar-refractivity contribution in [1.29, 1.82) is 0 Å². The molecule has 5 heteroatoms. The molecule has 0 bridgehead atoms. The van der Waals surface area contributed by atoms with Gasteiger partial charge in [-0.05, 0) is 31.5 Å². The fourth-order valence-corrected chi connectivity index (χ4v) is 2.36. The fraction of sp³-hybridized carbons (Fsp3) is 0.429. The van der Waals surface area contributed by atoms with Crippen molar-refractivity contribution >= 4 is 11.8 Å². The average Bonchev–Trinajstić information content (AvgIpc) is 2.85. The Kier molecular flexibility index (Phi) is 4.85. The van der Waals surface area contributed by atoms with Gasteiger partial charge in [0, 0.05) is 12.2 Å². The summed E-state index contributed by atoms with van der Waals surface area (Å²) in [6.45, 7) is 6.11. The maximum atomic E-state index is 5.61. The molecule has 1 aromatic carbocycles. The molecule has 0 saturated heterocycles. The van der Waals surface area contributed by atoms with Crippen LogP contribution in [0.3, 0.4) is 0 Å². The summed E-state index contributed by atoms with van der Waals surface area (Å²) in [6.07, 6.45) is 1.09. The number of rotatable bonds is 6. The molecule has 19 heavy (non-hydrogen) atoms. The number of H-pyrrole nitrogens is 1. The Morgan fingerprint density at radius 3 is 2.58 bits per heavy atom. The summed E-state index contributed by atoms with van der Waals surface area (Å²) in [5, 5.41) is 7.89. The van der Waals surface area contributed by atoms with E-state index in [9.17, 15) is 0 Å². The molecular formula is C14H19N3OS. The van der Waals surface area contributed by atoms with Crippen molar-refractivity contribution in [2.75, 3.05) is 0 Å². The maximum absolute atomic E-state index is 5.61. The molecule has 1 N–H and O–H groups in total. The number of hydrogen-bond acceptors (Lipinski definition) is 4. The molecule has 2 aromatic rings. The third-order valence-electron chi connectivity index (χ3n) is 2.51. The van der Waals surface area contributed by atoms with Gasteiger partial charge in [0.25, 0.3) is 0 Å². The Hall–Kier alpha value is -1.49. The first-order valence-electron chi connectivity index (χ1n) is 6.47. The van der Waals surface area contributed by atoms with Gasteiger partial charge in [0.05, 0.1) is 6.10 Å². The molecule has 0 aliphatic heterocycles. The Morgan fingerprint density at radius 1 is 1.26 bits per heavy atom. The molecule has 0 saturated carbocycles. The van der Waals surface area contributed by atoms with Gasteiger partial charge in [0.2, 0.25) is 5.16 Å². The van der Waals surface area contributed by atoms with E-state index >= 15 is 0 Å². The molecule has 0 spiro atoms. The van der Waals surface area contributed by atoms with Crippen LogP contribution in [0.5, 0.6) is 5.75 Å². The van der Waals surface area contributed by atoms with Crippen LogP contribution in [0.4, 0.5) is 0 Å². The van der Waals surface area contributed by atoms with Crippen molar-refractivity contribution in [2.24, 2.45) is 0 Å². The zero-order valence-electron chi connectivity index (χ0n) is 11.5. The lowest BCUT2D eigenvalue weighted by Gasteiger charge is -2.09. The predicted molar refractivity (Wildman–Crippen MR) is 77.5 cm³/mol. The lowest BCUT2D eigenvalue weighted by atomic mass is 10.2. The second kappa shape index (κ2) is 6.61. The quantitative estimate of drug-likeness (QED) is 0.822. The monoisotopic (exact) mass is 277 g/mol. The van der Waals surface area contributed by atoms with E-state index in [0.717, 1.165) is 28.9 Å². The van der Waals surface area contributed by atoms with Crippen LogP contribution in [-0.2, 0) is 12.2 Å². The molecule has 1 heterocycles. The van der Waals surface area contributed by atoms with E-state index < -0.39 is 0 Å². The van der Waals surface area contributed by atoms with E-state index in [1.54, 1.807) is 11.8 Å². The van der Waals surface area contributed by atoms with Gasteiger partial charge in [0.1, 0.15) is 11.6 Å². The number of thioether (sulfide) groups is 1. The first-order valence-corrected chi connectivity index (χ1v) is 7.45. The number of nitrogens with one attached hydrogen (secondary N) is 1. The third-order valence-corrected chi connectivity index (χ3v) is 3.43. The molecule has 0 radical (unpaired) electrons. The summed E-state index contributed by atoms with van der Waals surface area (Å²) >= 11 is 1.64. The van der Waals surface area contributed by atoms with Gasteiger partial charge in [-0.1, -0.05) is 30.8 Å². The van der Waals surface area contributed by atoms with E-state index in [4.69, 9.17) is 4.74 Å². The number of nitrogens with zero attached hydrogens (tertiary/aromatic N) is 2. The van der Waals surface area contributed by atoms with Crippen molar-refractivity contribution in [2.45, 2.75) is 44.2 Å². The topological polar surface area (TPSA) is 50.8 Å². The highest BCUT2D eigenvalue weighted by molar-refractivity contribution is 7.98. The Bertz CT molecular complexity index is 508. The fourth-order valence-electron chi connectivity index (χ4n) is 1.58. The zero-order valence-corrected chi connectivity index (χ0v) is 12.3. The van der Waals surface area contributed by atoms with Gasteiger partial charge in [-0.15, -0.1) is 5.10 Å². The van der Waals surface area contributed by atoms with Gasteiger partial charge in [-0.3, -0.25) is 5.10 Å². The second-order valence-electron chi connectivity index (χ2n) is 4.52. The number of hydrogen-bond donors (Lipinski definition) is 1. The smallest absolute Gasteiger partial charge is 0.208 e. The van der Waals surface area contributed by atoms with Gasteiger partial charge in [-0.2, -0.15) is 0 Å². The van der Waals surface area contributed by atoms with Gasteiger partial charge >= 0.3 is 0 Å². The average molecular weight is 277 g/mol. The standard InChI is InChI=1S/C14H19N3OS/c1-4-13-15-14(17-16-13)19-9-11-5-7-12(8-6-11)18-10(2)3/h5-8,10H,4,9H2,1-3H3,(H,15,16,17). The SMILES string of the molecule is CCc1nc(SCc2ccc(OC(C)C)cc2)n[nH]1. The minimum absolute atomic E-state index is 0.209. The Morgan fingerprint density at radius 2 is 2.00 bits per heavy atom. The molecule has 0 atom stereocenters. The minimum atomic E-state index is 0.209. The number of ether oxygens (including phenoxy) is 1. The zero-order chi connectivity index (χ0) is 13.7. The molecular weight excluding hydrogens is 258 g/mol. The highest BCUT2D eigenvalue weighted by Crippen LogP contribution is 2.21. The van der Waals surface area contributed by atoms with Crippen LogP contribution in [-0.4, -0.2) is 21.3 Å². The number of aromatic nitrogens is 3. The summed E-state index contributed by atoms with van der Waals surface area (Å²) in [5.74, 6) is 2.71.